The number of anilines is 1. The Morgan fingerprint density at radius 2 is 2.18 bits per heavy atom. The van der Waals surface area contributed by atoms with Gasteiger partial charge in [-0.1, -0.05) is 6.92 Å². The van der Waals surface area contributed by atoms with Crippen molar-refractivity contribution in [3.05, 3.63) is 30.1 Å². The van der Waals surface area contributed by atoms with Crippen LogP contribution in [0.15, 0.2) is 24.3 Å². The highest BCUT2D eigenvalue weighted by molar-refractivity contribution is 5.48. The van der Waals surface area contributed by atoms with Gasteiger partial charge in [-0.25, -0.2) is 4.39 Å². The minimum absolute atomic E-state index is 0.214. The molecule has 0 aliphatic carbocycles. The molecular formula is C13H16FN3. The van der Waals surface area contributed by atoms with E-state index in [0.717, 1.165) is 25.2 Å². The van der Waals surface area contributed by atoms with Crippen molar-refractivity contribution in [1.29, 1.82) is 5.26 Å². The molecule has 1 aromatic rings. The highest BCUT2D eigenvalue weighted by atomic mass is 19.1. The molecule has 2 atom stereocenters. The van der Waals surface area contributed by atoms with E-state index in [4.69, 9.17) is 0 Å². The van der Waals surface area contributed by atoms with E-state index in [1.807, 2.05) is 6.92 Å². The lowest BCUT2D eigenvalue weighted by atomic mass is 9.80. The second kappa shape index (κ2) is 4.72. The fraction of sp³-hybridized carbons (Fsp3) is 0.462. The van der Waals surface area contributed by atoms with Crippen molar-refractivity contribution in [3.63, 3.8) is 0 Å². The quantitative estimate of drug-likeness (QED) is 0.822. The van der Waals surface area contributed by atoms with E-state index >= 15 is 0 Å². The van der Waals surface area contributed by atoms with Crippen molar-refractivity contribution < 1.29 is 4.39 Å². The highest BCUT2D eigenvalue weighted by Gasteiger charge is 2.38. The van der Waals surface area contributed by atoms with E-state index in [0.29, 0.717) is 0 Å². The monoisotopic (exact) mass is 233 g/mol. The molecule has 1 aliphatic rings. The third-order valence-corrected chi connectivity index (χ3v) is 3.40. The number of halogens is 1. The molecule has 3 nitrogen and oxygen atoms in total. The maximum Gasteiger partial charge on any atom is 0.130 e. The Morgan fingerprint density at radius 3 is 2.76 bits per heavy atom. The van der Waals surface area contributed by atoms with Gasteiger partial charge in [-0.05, 0) is 37.2 Å². The molecule has 2 rings (SSSR count). The molecular weight excluding hydrogens is 217 g/mol. The largest absolute Gasteiger partial charge is 0.367 e. The van der Waals surface area contributed by atoms with Crippen molar-refractivity contribution in [2.75, 3.05) is 18.4 Å². The van der Waals surface area contributed by atoms with Crippen LogP contribution >= 0.6 is 0 Å². The second-order valence-electron chi connectivity index (χ2n) is 4.57. The van der Waals surface area contributed by atoms with Gasteiger partial charge in [0, 0.05) is 18.2 Å². The van der Waals surface area contributed by atoms with Gasteiger partial charge in [-0.2, -0.15) is 5.26 Å². The fourth-order valence-electron chi connectivity index (χ4n) is 2.20. The minimum Gasteiger partial charge on any atom is -0.367 e. The van der Waals surface area contributed by atoms with Gasteiger partial charge in [-0.15, -0.1) is 0 Å². The van der Waals surface area contributed by atoms with Crippen LogP contribution in [0.1, 0.15) is 13.3 Å². The van der Waals surface area contributed by atoms with Crippen molar-refractivity contribution >= 4 is 5.69 Å². The van der Waals surface area contributed by atoms with Crippen LogP contribution in [0.4, 0.5) is 10.1 Å². The lowest BCUT2D eigenvalue weighted by Gasteiger charge is -2.38. The summed E-state index contributed by atoms with van der Waals surface area (Å²) in [6.45, 7) is 3.69. The minimum atomic E-state index is -0.553. The molecule has 1 aromatic carbocycles. The van der Waals surface area contributed by atoms with Crippen LogP contribution in [-0.2, 0) is 0 Å². The van der Waals surface area contributed by atoms with E-state index in [-0.39, 0.29) is 11.7 Å². The normalized spacial score (nSPS) is 28.4. The van der Waals surface area contributed by atoms with Gasteiger partial charge < -0.3 is 10.6 Å². The molecule has 0 aromatic heterocycles. The first kappa shape index (κ1) is 11.9. The van der Waals surface area contributed by atoms with Gasteiger partial charge in [0.1, 0.15) is 11.4 Å². The Balaban J connectivity index is 2.19. The standard InChI is InChI=1S/C13H16FN3/c1-10-8-16-7-6-13(10,9-15)17-12-4-2-11(14)3-5-12/h2-5,10,16-17H,6-8H2,1H3. The smallest absolute Gasteiger partial charge is 0.130 e. The van der Waals surface area contributed by atoms with Crippen molar-refractivity contribution in [1.82, 2.24) is 5.32 Å². The fourth-order valence-corrected chi connectivity index (χ4v) is 2.20. The lowest BCUT2D eigenvalue weighted by molar-refractivity contribution is 0.304. The first-order chi connectivity index (χ1) is 8.16. The first-order valence-corrected chi connectivity index (χ1v) is 5.82. The van der Waals surface area contributed by atoms with Gasteiger partial charge in [0.2, 0.25) is 0 Å². The van der Waals surface area contributed by atoms with Crippen LogP contribution in [0, 0.1) is 23.1 Å². The zero-order valence-corrected chi connectivity index (χ0v) is 9.83. The average molecular weight is 233 g/mol. The molecule has 17 heavy (non-hydrogen) atoms. The SMILES string of the molecule is CC1CNCCC1(C#N)Nc1ccc(F)cc1. The maximum absolute atomic E-state index is 12.8. The number of nitrogens with zero attached hydrogens (tertiary/aromatic N) is 1. The third kappa shape index (κ3) is 2.40. The molecule has 1 aliphatic heterocycles. The van der Waals surface area contributed by atoms with Crippen LogP contribution in [0.5, 0.6) is 0 Å². The number of nitriles is 1. The van der Waals surface area contributed by atoms with Crippen LogP contribution in [0.2, 0.25) is 0 Å². The summed E-state index contributed by atoms with van der Waals surface area (Å²) in [6.07, 6.45) is 0.752. The molecule has 2 N–H and O–H groups in total. The summed E-state index contributed by atoms with van der Waals surface area (Å²) < 4.78 is 12.8. The zero-order valence-electron chi connectivity index (χ0n) is 9.83. The Bertz CT molecular complexity index is 423. The van der Waals surface area contributed by atoms with Crippen molar-refractivity contribution in [3.8, 4) is 6.07 Å². The van der Waals surface area contributed by atoms with Crippen LogP contribution in [0.3, 0.4) is 0 Å². The van der Waals surface area contributed by atoms with E-state index in [9.17, 15) is 9.65 Å². The van der Waals surface area contributed by atoms with Crippen LogP contribution in [0.25, 0.3) is 0 Å². The zero-order chi connectivity index (χ0) is 12.3. The van der Waals surface area contributed by atoms with Gasteiger partial charge in [0.05, 0.1) is 6.07 Å². The lowest BCUT2D eigenvalue weighted by Crippen LogP contribution is -2.53. The number of hydrogen-bond acceptors (Lipinski definition) is 3. The Kier molecular flexibility index (Phi) is 3.30. The van der Waals surface area contributed by atoms with E-state index in [2.05, 4.69) is 16.7 Å². The summed E-state index contributed by atoms with van der Waals surface area (Å²) >= 11 is 0. The molecule has 90 valence electrons. The predicted molar refractivity (Wildman–Crippen MR) is 65.0 cm³/mol. The van der Waals surface area contributed by atoms with Crippen LogP contribution < -0.4 is 10.6 Å². The van der Waals surface area contributed by atoms with E-state index in [1.54, 1.807) is 12.1 Å². The maximum atomic E-state index is 12.8. The summed E-state index contributed by atoms with van der Waals surface area (Å²) in [5.41, 5.74) is 0.241. The average Bonchev–Trinajstić information content (AvgIpc) is 2.35. The van der Waals surface area contributed by atoms with Gasteiger partial charge in [-0.3, -0.25) is 0 Å². The third-order valence-electron chi connectivity index (χ3n) is 3.40. The van der Waals surface area contributed by atoms with Gasteiger partial charge in [0.25, 0.3) is 0 Å². The topological polar surface area (TPSA) is 47.9 Å². The second-order valence-corrected chi connectivity index (χ2v) is 4.57. The van der Waals surface area contributed by atoms with Crippen LogP contribution in [-0.4, -0.2) is 18.6 Å². The molecule has 0 spiro atoms. The van der Waals surface area contributed by atoms with E-state index < -0.39 is 5.54 Å². The molecule has 1 heterocycles. The molecule has 1 saturated heterocycles. The summed E-state index contributed by atoms with van der Waals surface area (Å²) in [7, 11) is 0. The molecule has 4 heteroatoms. The molecule has 2 unspecified atom stereocenters. The number of hydrogen-bond donors (Lipinski definition) is 2. The Labute approximate surface area is 101 Å². The molecule has 0 saturated carbocycles. The number of piperidine rings is 1. The van der Waals surface area contributed by atoms with Gasteiger partial charge >= 0.3 is 0 Å². The molecule has 0 bridgehead atoms. The van der Waals surface area contributed by atoms with Gasteiger partial charge in [0.15, 0.2) is 0 Å². The summed E-state index contributed by atoms with van der Waals surface area (Å²) in [6, 6.07) is 8.53. The van der Waals surface area contributed by atoms with E-state index in [1.165, 1.54) is 12.1 Å². The molecule has 1 fully saturated rings. The first-order valence-electron chi connectivity index (χ1n) is 5.82. The predicted octanol–water partition coefficient (Wildman–Crippen LogP) is 2.13. The number of nitrogens with one attached hydrogen (secondary N) is 2. The Morgan fingerprint density at radius 1 is 1.47 bits per heavy atom. The number of rotatable bonds is 2. The number of benzene rings is 1. The Hall–Kier alpha value is -1.60. The summed E-state index contributed by atoms with van der Waals surface area (Å²) in [5, 5.41) is 15.9. The highest BCUT2D eigenvalue weighted by Crippen LogP contribution is 2.28. The summed E-state index contributed by atoms with van der Waals surface area (Å²) in [4.78, 5) is 0. The van der Waals surface area contributed by atoms with Crippen molar-refractivity contribution in [2.24, 2.45) is 5.92 Å². The molecule has 0 radical (unpaired) electrons. The molecule has 0 amide bonds. The summed E-state index contributed by atoms with van der Waals surface area (Å²) in [5.74, 6) is -0.0498. The van der Waals surface area contributed by atoms with Crippen molar-refractivity contribution in [2.45, 2.75) is 18.9 Å².